The Balaban J connectivity index is 2.31. The van der Waals surface area contributed by atoms with Gasteiger partial charge in [0.15, 0.2) is 6.29 Å². The van der Waals surface area contributed by atoms with Crippen molar-refractivity contribution >= 4 is 0 Å². The highest BCUT2D eigenvalue weighted by Gasteiger charge is 2.22. The zero-order valence-corrected chi connectivity index (χ0v) is 8.21. The number of hydrogen-bond donors (Lipinski definition) is 0. The van der Waals surface area contributed by atoms with Crippen molar-refractivity contribution in [2.75, 3.05) is 19.9 Å². The highest BCUT2D eigenvalue weighted by Crippen LogP contribution is 2.28. The summed E-state index contributed by atoms with van der Waals surface area (Å²) >= 11 is 0. The molecule has 0 radical (unpaired) electrons. The Bertz CT molecular complexity index is 335. The van der Waals surface area contributed by atoms with Gasteiger partial charge in [-0.1, -0.05) is 12.1 Å². The Morgan fingerprint density at radius 2 is 2.00 bits per heavy atom. The molecule has 1 saturated heterocycles. The van der Waals surface area contributed by atoms with Gasteiger partial charge in [-0.2, -0.15) is 0 Å². The van der Waals surface area contributed by atoms with E-state index in [-0.39, 0.29) is 6.42 Å². The van der Waals surface area contributed by atoms with Crippen molar-refractivity contribution in [1.82, 2.24) is 0 Å². The first-order valence-electron chi connectivity index (χ1n) is 4.89. The number of hydrogen-bond acceptors (Lipinski definition) is 2. The molecule has 1 aliphatic heterocycles. The SMILES string of the molecule is FCCc1c(F)cccc1C1OCCO1. The van der Waals surface area contributed by atoms with E-state index in [0.29, 0.717) is 24.3 Å². The zero-order chi connectivity index (χ0) is 10.7. The zero-order valence-electron chi connectivity index (χ0n) is 8.21. The number of alkyl halides is 1. The summed E-state index contributed by atoms with van der Waals surface area (Å²) in [7, 11) is 0. The van der Waals surface area contributed by atoms with Crippen LogP contribution >= 0.6 is 0 Å². The lowest BCUT2D eigenvalue weighted by Crippen LogP contribution is -2.06. The van der Waals surface area contributed by atoms with Crippen molar-refractivity contribution in [3.63, 3.8) is 0 Å². The third-order valence-corrected chi connectivity index (χ3v) is 2.38. The van der Waals surface area contributed by atoms with Gasteiger partial charge in [-0.25, -0.2) is 4.39 Å². The second-order valence-electron chi connectivity index (χ2n) is 3.32. The van der Waals surface area contributed by atoms with Crippen molar-refractivity contribution in [2.24, 2.45) is 0 Å². The van der Waals surface area contributed by atoms with Crippen LogP contribution in [0.3, 0.4) is 0 Å². The molecular weight excluding hydrogens is 202 g/mol. The average molecular weight is 214 g/mol. The normalized spacial score (nSPS) is 17.2. The molecule has 0 N–H and O–H groups in total. The van der Waals surface area contributed by atoms with Gasteiger partial charge in [-0.3, -0.25) is 4.39 Å². The molecule has 0 aliphatic carbocycles. The molecule has 82 valence electrons. The summed E-state index contributed by atoms with van der Waals surface area (Å²) < 4.78 is 36.2. The molecule has 0 aromatic heterocycles. The van der Waals surface area contributed by atoms with Crippen LogP contribution in [-0.4, -0.2) is 19.9 Å². The molecule has 2 rings (SSSR count). The van der Waals surface area contributed by atoms with Crippen LogP contribution in [0.4, 0.5) is 8.78 Å². The lowest BCUT2D eigenvalue weighted by Gasteiger charge is -2.14. The van der Waals surface area contributed by atoms with Gasteiger partial charge in [0.25, 0.3) is 0 Å². The Morgan fingerprint density at radius 1 is 1.27 bits per heavy atom. The number of benzene rings is 1. The van der Waals surface area contributed by atoms with E-state index in [1.165, 1.54) is 6.07 Å². The van der Waals surface area contributed by atoms with Gasteiger partial charge in [0.05, 0.1) is 19.9 Å². The van der Waals surface area contributed by atoms with Crippen LogP contribution in [-0.2, 0) is 15.9 Å². The van der Waals surface area contributed by atoms with E-state index >= 15 is 0 Å². The van der Waals surface area contributed by atoms with E-state index in [4.69, 9.17) is 9.47 Å². The van der Waals surface area contributed by atoms with Crippen LogP contribution in [0.1, 0.15) is 17.4 Å². The predicted molar refractivity (Wildman–Crippen MR) is 50.7 cm³/mol. The van der Waals surface area contributed by atoms with Crippen molar-refractivity contribution in [3.05, 3.63) is 35.1 Å². The summed E-state index contributed by atoms with van der Waals surface area (Å²) in [6.07, 6.45) is -0.479. The molecule has 0 spiro atoms. The third-order valence-electron chi connectivity index (χ3n) is 2.38. The van der Waals surface area contributed by atoms with Gasteiger partial charge in [0.1, 0.15) is 5.82 Å². The largest absolute Gasteiger partial charge is 0.346 e. The monoisotopic (exact) mass is 214 g/mol. The molecule has 0 bridgehead atoms. The fraction of sp³-hybridized carbons (Fsp3) is 0.455. The van der Waals surface area contributed by atoms with Crippen molar-refractivity contribution in [1.29, 1.82) is 0 Å². The van der Waals surface area contributed by atoms with Crippen LogP contribution in [0.15, 0.2) is 18.2 Å². The molecule has 2 nitrogen and oxygen atoms in total. The lowest BCUT2D eigenvalue weighted by atomic mass is 10.0. The number of rotatable bonds is 3. The van der Waals surface area contributed by atoms with Gasteiger partial charge >= 0.3 is 0 Å². The summed E-state index contributed by atoms with van der Waals surface area (Å²) in [6, 6.07) is 4.62. The van der Waals surface area contributed by atoms with Gasteiger partial charge in [0.2, 0.25) is 0 Å². The summed E-state index contributed by atoms with van der Waals surface area (Å²) in [5, 5.41) is 0. The van der Waals surface area contributed by atoms with Crippen molar-refractivity contribution in [3.8, 4) is 0 Å². The number of ether oxygens (including phenoxy) is 2. The Labute approximate surface area is 86.8 Å². The summed E-state index contributed by atoms with van der Waals surface area (Å²) in [5.74, 6) is -0.399. The maximum absolute atomic E-state index is 13.4. The Hall–Kier alpha value is -1.00. The highest BCUT2D eigenvalue weighted by molar-refractivity contribution is 5.30. The highest BCUT2D eigenvalue weighted by atomic mass is 19.1. The summed E-state index contributed by atoms with van der Waals surface area (Å²) in [6.45, 7) is 0.410. The van der Waals surface area contributed by atoms with E-state index in [0.717, 1.165) is 0 Å². The second-order valence-corrected chi connectivity index (χ2v) is 3.32. The first kappa shape index (κ1) is 10.5. The van der Waals surface area contributed by atoms with Gasteiger partial charge in [-0.05, 0) is 11.6 Å². The molecule has 1 fully saturated rings. The standard InChI is InChI=1S/C11H12F2O2/c12-5-4-8-9(2-1-3-10(8)13)11-14-6-7-15-11/h1-3,11H,4-7H2. The van der Waals surface area contributed by atoms with E-state index in [1.54, 1.807) is 12.1 Å². The molecule has 15 heavy (non-hydrogen) atoms. The smallest absolute Gasteiger partial charge is 0.184 e. The predicted octanol–water partition coefficient (Wildman–Crippen LogP) is 2.38. The van der Waals surface area contributed by atoms with Gasteiger partial charge < -0.3 is 9.47 Å². The second kappa shape index (κ2) is 4.68. The fourth-order valence-corrected chi connectivity index (χ4v) is 1.69. The van der Waals surface area contributed by atoms with Crippen LogP contribution in [0.5, 0.6) is 0 Å². The average Bonchev–Trinajstić information content (AvgIpc) is 2.74. The minimum absolute atomic E-state index is 0.0607. The first-order chi connectivity index (χ1) is 7.33. The minimum Gasteiger partial charge on any atom is -0.346 e. The lowest BCUT2D eigenvalue weighted by molar-refractivity contribution is -0.0449. The van der Waals surface area contributed by atoms with Crippen LogP contribution in [0, 0.1) is 5.82 Å². The Kier molecular flexibility index (Phi) is 3.28. The third kappa shape index (κ3) is 2.16. The minimum atomic E-state index is -0.583. The molecule has 1 aromatic rings. The summed E-state index contributed by atoms with van der Waals surface area (Å²) in [4.78, 5) is 0. The van der Waals surface area contributed by atoms with E-state index in [2.05, 4.69) is 0 Å². The van der Waals surface area contributed by atoms with Gasteiger partial charge in [-0.15, -0.1) is 0 Å². The molecule has 0 atom stereocenters. The molecule has 1 aromatic carbocycles. The molecule has 1 aliphatic rings. The quantitative estimate of drug-likeness (QED) is 0.769. The number of halogens is 2. The first-order valence-corrected chi connectivity index (χ1v) is 4.89. The van der Waals surface area contributed by atoms with Gasteiger partial charge in [0, 0.05) is 12.0 Å². The van der Waals surface area contributed by atoms with Crippen molar-refractivity contribution < 1.29 is 18.3 Å². The molecular formula is C11H12F2O2. The van der Waals surface area contributed by atoms with Crippen LogP contribution in [0.2, 0.25) is 0 Å². The Morgan fingerprint density at radius 3 is 2.67 bits per heavy atom. The molecule has 0 amide bonds. The fourth-order valence-electron chi connectivity index (χ4n) is 1.69. The summed E-state index contributed by atoms with van der Waals surface area (Å²) in [5.41, 5.74) is 0.956. The maximum atomic E-state index is 13.4. The molecule has 1 heterocycles. The van der Waals surface area contributed by atoms with Crippen molar-refractivity contribution in [2.45, 2.75) is 12.7 Å². The topological polar surface area (TPSA) is 18.5 Å². The van der Waals surface area contributed by atoms with Crippen LogP contribution in [0.25, 0.3) is 0 Å². The van der Waals surface area contributed by atoms with E-state index < -0.39 is 18.8 Å². The maximum Gasteiger partial charge on any atom is 0.184 e. The molecule has 0 unspecified atom stereocenters. The van der Waals surface area contributed by atoms with E-state index in [9.17, 15) is 8.78 Å². The molecule has 0 saturated carbocycles. The van der Waals surface area contributed by atoms with E-state index in [1.807, 2.05) is 0 Å². The molecule has 4 heteroatoms. The van der Waals surface area contributed by atoms with Crippen LogP contribution < -0.4 is 0 Å².